The van der Waals surface area contributed by atoms with Crippen LogP contribution in [0, 0.1) is 5.41 Å². The van der Waals surface area contributed by atoms with Crippen LogP contribution in [0.1, 0.15) is 37.4 Å². The van der Waals surface area contributed by atoms with E-state index in [0.717, 1.165) is 35.6 Å². The van der Waals surface area contributed by atoms with Crippen molar-refractivity contribution in [3.8, 4) is 0 Å². The molecule has 2 aliphatic rings. The van der Waals surface area contributed by atoms with Crippen molar-refractivity contribution in [2.24, 2.45) is 5.41 Å². The summed E-state index contributed by atoms with van der Waals surface area (Å²) in [6.07, 6.45) is 4.63. The van der Waals surface area contributed by atoms with E-state index in [0.29, 0.717) is 5.92 Å². The predicted octanol–water partition coefficient (Wildman–Crippen LogP) is 2.30. The van der Waals surface area contributed by atoms with Gasteiger partial charge in [-0.05, 0) is 41.6 Å². The number of aliphatic hydroxyl groups excluding tert-OH is 1. The Morgan fingerprint density at radius 3 is 2.76 bits per heavy atom. The van der Waals surface area contributed by atoms with Gasteiger partial charge < -0.3 is 10.4 Å². The Morgan fingerprint density at radius 2 is 2.18 bits per heavy atom. The molecule has 0 amide bonds. The van der Waals surface area contributed by atoms with Crippen LogP contribution in [0.15, 0.2) is 10.7 Å². The van der Waals surface area contributed by atoms with Gasteiger partial charge in [-0.25, -0.2) is 9.97 Å². The van der Waals surface area contributed by atoms with Gasteiger partial charge in [0.2, 0.25) is 0 Å². The van der Waals surface area contributed by atoms with Gasteiger partial charge >= 0.3 is 0 Å². The molecule has 0 atom stereocenters. The molecule has 0 radical (unpaired) electrons. The van der Waals surface area contributed by atoms with Gasteiger partial charge in [0.15, 0.2) is 0 Å². The van der Waals surface area contributed by atoms with Gasteiger partial charge in [0, 0.05) is 23.9 Å². The molecule has 0 aromatic carbocycles. The highest BCUT2D eigenvalue weighted by Crippen LogP contribution is 2.45. The minimum atomic E-state index is 0.108. The van der Waals surface area contributed by atoms with Crippen molar-refractivity contribution in [1.82, 2.24) is 9.97 Å². The van der Waals surface area contributed by atoms with Gasteiger partial charge in [0.1, 0.15) is 16.2 Å². The van der Waals surface area contributed by atoms with E-state index in [1.165, 1.54) is 12.8 Å². The van der Waals surface area contributed by atoms with E-state index in [9.17, 15) is 5.11 Å². The van der Waals surface area contributed by atoms with Crippen LogP contribution in [0.2, 0.25) is 0 Å². The smallest absolute Gasteiger partial charge is 0.135 e. The van der Waals surface area contributed by atoms with Gasteiger partial charge in [0.25, 0.3) is 0 Å². The molecule has 0 saturated heterocycles. The first-order chi connectivity index (χ1) is 8.21. The monoisotopic (exact) mass is 297 g/mol. The molecule has 2 fully saturated rings. The first-order valence-electron chi connectivity index (χ1n) is 6.10. The lowest BCUT2D eigenvalue weighted by Crippen LogP contribution is -2.19. The number of rotatable bonds is 5. The standard InChI is InChI=1S/C12H16BrN3O/c13-9-5-10(14-6-12(7-17)3-4-12)16-11(15-9)8-1-2-8/h5,8,17H,1-4,6-7H2,(H,14,15,16). The van der Waals surface area contributed by atoms with Crippen LogP contribution in [0.4, 0.5) is 5.82 Å². The summed E-state index contributed by atoms with van der Waals surface area (Å²) in [5.74, 6) is 2.37. The van der Waals surface area contributed by atoms with Gasteiger partial charge in [-0.15, -0.1) is 0 Å². The molecule has 1 heterocycles. The zero-order chi connectivity index (χ0) is 11.9. The molecule has 2 N–H and O–H groups in total. The van der Waals surface area contributed by atoms with Crippen LogP contribution in [0.5, 0.6) is 0 Å². The second-order valence-corrected chi connectivity index (χ2v) is 6.03. The number of halogens is 1. The van der Waals surface area contributed by atoms with E-state index in [4.69, 9.17) is 0 Å². The topological polar surface area (TPSA) is 58.0 Å². The lowest BCUT2D eigenvalue weighted by molar-refractivity contribution is 0.219. The van der Waals surface area contributed by atoms with E-state index < -0.39 is 0 Å². The molecule has 0 spiro atoms. The second kappa shape index (κ2) is 4.21. The van der Waals surface area contributed by atoms with Crippen LogP contribution in [-0.2, 0) is 0 Å². The Morgan fingerprint density at radius 1 is 1.41 bits per heavy atom. The van der Waals surface area contributed by atoms with Gasteiger partial charge in [-0.3, -0.25) is 0 Å². The maximum atomic E-state index is 9.26. The number of aliphatic hydroxyl groups is 1. The highest BCUT2D eigenvalue weighted by Gasteiger charge is 2.41. The van der Waals surface area contributed by atoms with E-state index in [-0.39, 0.29) is 12.0 Å². The molecule has 2 aliphatic carbocycles. The largest absolute Gasteiger partial charge is 0.396 e. The summed E-state index contributed by atoms with van der Waals surface area (Å²) in [5, 5.41) is 12.6. The Bertz CT molecular complexity index is 430. The maximum Gasteiger partial charge on any atom is 0.135 e. The van der Waals surface area contributed by atoms with Crippen molar-refractivity contribution in [2.75, 3.05) is 18.5 Å². The normalized spacial score (nSPS) is 21.3. The van der Waals surface area contributed by atoms with Crippen molar-refractivity contribution in [2.45, 2.75) is 31.6 Å². The van der Waals surface area contributed by atoms with Crippen LogP contribution in [0.3, 0.4) is 0 Å². The highest BCUT2D eigenvalue weighted by molar-refractivity contribution is 9.10. The fraction of sp³-hybridized carbons (Fsp3) is 0.667. The van der Waals surface area contributed by atoms with Crippen LogP contribution >= 0.6 is 15.9 Å². The van der Waals surface area contributed by atoms with Crippen LogP contribution in [0.25, 0.3) is 0 Å². The van der Waals surface area contributed by atoms with Crippen molar-refractivity contribution < 1.29 is 5.11 Å². The van der Waals surface area contributed by atoms with Crippen molar-refractivity contribution in [3.05, 3.63) is 16.5 Å². The maximum absolute atomic E-state index is 9.26. The lowest BCUT2D eigenvalue weighted by atomic mass is 10.1. The average Bonchev–Trinajstić information content (AvgIpc) is 3.19. The first-order valence-corrected chi connectivity index (χ1v) is 6.89. The molecule has 1 aromatic heterocycles. The summed E-state index contributed by atoms with van der Waals surface area (Å²) in [5.41, 5.74) is 0.108. The molecule has 1 aromatic rings. The molecule has 0 bridgehead atoms. The van der Waals surface area contributed by atoms with Crippen molar-refractivity contribution in [3.63, 3.8) is 0 Å². The van der Waals surface area contributed by atoms with Gasteiger partial charge in [-0.2, -0.15) is 0 Å². The number of nitrogens with zero attached hydrogens (tertiary/aromatic N) is 2. The van der Waals surface area contributed by atoms with Gasteiger partial charge in [0.05, 0.1) is 6.61 Å². The molecule has 3 rings (SSSR count). The summed E-state index contributed by atoms with van der Waals surface area (Å²) < 4.78 is 0.839. The third-order valence-electron chi connectivity index (χ3n) is 3.59. The number of nitrogens with one attached hydrogen (secondary N) is 1. The quantitative estimate of drug-likeness (QED) is 0.819. The van der Waals surface area contributed by atoms with E-state index in [1.807, 2.05) is 6.07 Å². The molecular weight excluding hydrogens is 282 g/mol. The Kier molecular flexibility index (Phi) is 2.83. The minimum Gasteiger partial charge on any atom is -0.396 e. The molecular formula is C12H16BrN3O. The van der Waals surface area contributed by atoms with Gasteiger partial charge in [-0.1, -0.05) is 0 Å². The number of hydrogen-bond donors (Lipinski definition) is 2. The molecule has 17 heavy (non-hydrogen) atoms. The molecule has 5 heteroatoms. The number of aromatic nitrogens is 2. The van der Waals surface area contributed by atoms with E-state index in [1.54, 1.807) is 0 Å². The summed E-state index contributed by atoms with van der Waals surface area (Å²) >= 11 is 3.42. The van der Waals surface area contributed by atoms with E-state index >= 15 is 0 Å². The zero-order valence-electron chi connectivity index (χ0n) is 9.62. The molecule has 2 saturated carbocycles. The molecule has 4 nitrogen and oxygen atoms in total. The molecule has 92 valence electrons. The van der Waals surface area contributed by atoms with Crippen LogP contribution in [-0.4, -0.2) is 28.2 Å². The Hall–Kier alpha value is -0.680. The highest BCUT2D eigenvalue weighted by atomic mass is 79.9. The lowest BCUT2D eigenvalue weighted by Gasteiger charge is -2.13. The second-order valence-electron chi connectivity index (χ2n) is 5.22. The fourth-order valence-electron chi connectivity index (χ4n) is 1.90. The predicted molar refractivity (Wildman–Crippen MR) is 68.9 cm³/mol. The third kappa shape index (κ3) is 2.60. The number of hydrogen-bond acceptors (Lipinski definition) is 4. The summed E-state index contributed by atoms with van der Waals surface area (Å²) in [7, 11) is 0. The Balaban J connectivity index is 1.69. The number of anilines is 1. The minimum absolute atomic E-state index is 0.108. The molecule has 0 unspecified atom stereocenters. The zero-order valence-corrected chi connectivity index (χ0v) is 11.2. The Labute approximate surface area is 109 Å². The third-order valence-corrected chi connectivity index (χ3v) is 4.00. The molecule has 0 aliphatic heterocycles. The van der Waals surface area contributed by atoms with Crippen molar-refractivity contribution >= 4 is 21.7 Å². The SMILES string of the molecule is OCC1(CNc2cc(Br)nc(C3CC3)n2)CC1. The first kappa shape index (κ1) is 11.4. The van der Waals surface area contributed by atoms with Crippen LogP contribution < -0.4 is 5.32 Å². The summed E-state index contributed by atoms with van der Waals surface area (Å²) in [6.45, 7) is 1.07. The fourth-order valence-corrected chi connectivity index (χ4v) is 2.29. The average molecular weight is 298 g/mol. The summed E-state index contributed by atoms with van der Waals surface area (Å²) in [6, 6.07) is 1.90. The van der Waals surface area contributed by atoms with E-state index in [2.05, 4.69) is 31.2 Å². The van der Waals surface area contributed by atoms with Crippen molar-refractivity contribution in [1.29, 1.82) is 0 Å². The summed E-state index contributed by atoms with van der Waals surface area (Å²) in [4.78, 5) is 8.92.